The highest BCUT2D eigenvalue weighted by atomic mass is 15.5. The molecule has 26 heavy (non-hydrogen) atoms. The Balaban J connectivity index is 1.48. The van der Waals surface area contributed by atoms with Gasteiger partial charge in [-0.25, -0.2) is 0 Å². The summed E-state index contributed by atoms with van der Waals surface area (Å²) in [6, 6.07) is 19.4. The maximum absolute atomic E-state index is 4.68. The van der Waals surface area contributed by atoms with Gasteiger partial charge in [0, 0.05) is 51.5 Å². The van der Waals surface area contributed by atoms with Gasteiger partial charge in [-0.1, -0.05) is 42.5 Å². The van der Waals surface area contributed by atoms with Crippen molar-refractivity contribution in [3.63, 3.8) is 0 Å². The molecule has 0 spiro atoms. The van der Waals surface area contributed by atoms with Gasteiger partial charge in [0.15, 0.2) is 0 Å². The Morgan fingerprint density at radius 3 is 2.15 bits per heavy atom. The molecule has 2 aromatic rings. The fourth-order valence-electron chi connectivity index (χ4n) is 3.36. The fraction of sp³-hybridized carbons (Fsp3) is 0.409. The van der Waals surface area contributed by atoms with Crippen molar-refractivity contribution in [2.75, 3.05) is 44.2 Å². The third kappa shape index (κ3) is 5.09. The Kier molecular flexibility index (Phi) is 6.67. The molecule has 1 aliphatic heterocycles. The average molecular weight is 351 g/mol. The molecule has 0 N–H and O–H groups in total. The quantitative estimate of drug-likeness (QED) is 0.711. The summed E-state index contributed by atoms with van der Waals surface area (Å²) < 4.78 is 0. The van der Waals surface area contributed by atoms with Crippen LogP contribution in [0.3, 0.4) is 0 Å². The number of benzene rings is 2. The number of hydrogen-bond donors (Lipinski definition) is 0. The van der Waals surface area contributed by atoms with Gasteiger partial charge in [0.25, 0.3) is 0 Å². The number of anilines is 1. The summed E-state index contributed by atoms with van der Waals surface area (Å²) in [6.07, 6.45) is 1.98. The molecule has 0 saturated carbocycles. The first-order chi connectivity index (χ1) is 12.8. The summed E-state index contributed by atoms with van der Waals surface area (Å²) in [5.74, 6) is 0. The Bertz CT molecular complexity index is 669. The predicted molar refractivity (Wildman–Crippen MR) is 111 cm³/mol. The van der Waals surface area contributed by atoms with Crippen molar-refractivity contribution >= 4 is 11.9 Å². The zero-order chi connectivity index (χ0) is 18.2. The lowest BCUT2D eigenvalue weighted by Crippen LogP contribution is -2.43. The fourth-order valence-corrected chi connectivity index (χ4v) is 3.36. The van der Waals surface area contributed by atoms with Crippen LogP contribution in [0.2, 0.25) is 0 Å². The summed E-state index contributed by atoms with van der Waals surface area (Å²) in [7, 11) is 0. The van der Waals surface area contributed by atoms with Crippen molar-refractivity contribution in [3.8, 4) is 0 Å². The van der Waals surface area contributed by atoms with Crippen LogP contribution in [0.15, 0.2) is 59.7 Å². The van der Waals surface area contributed by atoms with Crippen LogP contribution in [0.1, 0.15) is 25.0 Å². The number of hydrogen-bond acceptors (Lipinski definition) is 4. The second-order valence-electron chi connectivity index (χ2n) is 6.72. The van der Waals surface area contributed by atoms with Gasteiger partial charge < -0.3 is 4.90 Å². The molecule has 0 radical (unpaired) electrons. The zero-order valence-electron chi connectivity index (χ0n) is 16.0. The van der Waals surface area contributed by atoms with Gasteiger partial charge in [-0.2, -0.15) is 5.10 Å². The van der Waals surface area contributed by atoms with Crippen molar-refractivity contribution in [1.82, 2.24) is 9.91 Å². The number of hydrazone groups is 1. The van der Waals surface area contributed by atoms with E-state index in [-0.39, 0.29) is 0 Å². The SMILES string of the molecule is CCN(CC)c1ccc(/C=N\N2CCN(Cc3ccccc3)CC2)cc1. The molecule has 0 atom stereocenters. The summed E-state index contributed by atoms with van der Waals surface area (Å²) in [5.41, 5.74) is 3.83. The van der Waals surface area contributed by atoms with E-state index < -0.39 is 0 Å². The van der Waals surface area contributed by atoms with E-state index in [2.05, 4.69) is 88.4 Å². The minimum absolute atomic E-state index is 0.987. The number of rotatable bonds is 7. The number of nitrogens with zero attached hydrogens (tertiary/aromatic N) is 4. The van der Waals surface area contributed by atoms with Crippen molar-refractivity contribution in [3.05, 3.63) is 65.7 Å². The van der Waals surface area contributed by atoms with Crippen LogP contribution in [-0.4, -0.2) is 55.4 Å². The van der Waals surface area contributed by atoms with E-state index in [0.29, 0.717) is 0 Å². The summed E-state index contributed by atoms with van der Waals surface area (Å²) in [4.78, 5) is 4.85. The van der Waals surface area contributed by atoms with Gasteiger partial charge in [-0.3, -0.25) is 9.91 Å². The Morgan fingerprint density at radius 1 is 0.885 bits per heavy atom. The summed E-state index contributed by atoms with van der Waals surface area (Å²) in [5, 5.41) is 6.86. The molecule has 1 saturated heterocycles. The molecule has 0 amide bonds. The molecular weight excluding hydrogens is 320 g/mol. The normalized spacial score (nSPS) is 15.5. The molecule has 0 bridgehead atoms. The average Bonchev–Trinajstić information content (AvgIpc) is 2.70. The maximum atomic E-state index is 4.68. The van der Waals surface area contributed by atoms with E-state index in [4.69, 9.17) is 0 Å². The largest absolute Gasteiger partial charge is 0.372 e. The van der Waals surface area contributed by atoms with Crippen molar-refractivity contribution in [2.45, 2.75) is 20.4 Å². The Labute approximate surface area is 157 Å². The minimum atomic E-state index is 0.987. The molecule has 0 aromatic heterocycles. The standard InChI is InChI=1S/C22H30N4/c1-3-25(4-2)22-12-10-20(11-13-22)18-23-26-16-14-24(15-17-26)19-21-8-6-5-7-9-21/h5-13,18H,3-4,14-17,19H2,1-2H3/b23-18-. The first-order valence-electron chi connectivity index (χ1n) is 9.68. The molecule has 2 aromatic carbocycles. The zero-order valence-corrected chi connectivity index (χ0v) is 16.0. The molecule has 4 heteroatoms. The van der Waals surface area contributed by atoms with E-state index in [1.54, 1.807) is 0 Å². The Hall–Kier alpha value is -2.33. The van der Waals surface area contributed by atoms with Gasteiger partial charge in [0.2, 0.25) is 0 Å². The highest BCUT2D eigenvalue weighted by Crippen LogP contribution is 2.14. The van der Waals surface area contributed by atoms with Crippen LogP contribution in [0, 0.1) is 0 Å². The lowest BCUT2D eigenvalue weighted by molar-refractivity contribution is 0.131. The van der Waals surface area contributed by atoms with Crippen LogP contribution in [0.25, 0.3) is 0 Å². The highest BCUT2D eigenvalue weighted by molar-refractivity contribution is 5.80. The lowest BCUT2D eigenvalue weighted by Gasteiger charge is -2.33. The second-order valence-corrected chi connectivity index (χ2v) is 6.72. The predicted octanol–water partition coefficient (Wildman–Crippen LogP) is 3.68. The second kappa shape index (κ2) is 9.39. The molecule has 4 nitrogen and oxygen atoms in total. The highest BCUT2D eigenvalue weighted by Gasteiger charge is 2.15. The smallest absolute Gasteiger partial charge is 0.0542 e. The van der Waals surface area contributed by atoms with E-state index in [1.165, 1.54) is 11.3 Å². The van der Waals surface area contributed by atoms with Crippen LogP contribution >= 0.6 is 0 Å². The van der Waals surface area contributed by atoms with E-state index >= 15 is 0 Å². The monoisotopic (exact) mass is 350 g/mol. The molecule has 1 fully saturated rings. The van der Waals surface area contributed by atoms with E-state index in [1.807, 2.05) is 6.21 Å². The third-order valence-electron chi connectivity index (χ3n) is 4.99. The maximum Gasteiger partial charge on any atom is 0.0542 e. The number of piperazine rings is 1. The van der Waals surface area contributed by atoms with Gasteiger partial charge in [-0.05, 0) is 37.1 Å². The third-order valence-corrected chi connectivity index (χ3v) is 4.99. The van der Waals surface area contributed by atoms with Crippen molar-refractivity contribution in [2.24, 2.45) is 5.10 Å². The van der Waals surface area contributed by atoms with E-state index in [9.17, 15) is 0 Å². The van der Waals surface area contributed by atoms with Crippen molar-refractivity contribution < 1.29 is 0 Å². The molecule has 0 aliphatic carbocycles. The minimum Gasteiger partial charge on any atom is -0.372 e. The van der Waals surface area contributed by atoms with Gasteiger partial charge in [0.1, 0.15) is 0 Å². The lowest BCUT2D eigenvalue weighted by atomic mass is 10.2. The van der Waals surface area contributed by atoms with E-state index in [0.717, 1.165) is 51.4 Å². The first-order valence-corrected chi connectivity index (χ1v) is 9.68. The molecule has 3 rings (SSSR count). The Morgan fingerprint density at radius 2 is 1.54 bits per heavy atom. The van der Waals surface area contributed by atoms with Crippen LogP contribution in [-0.2, 0) is 6.54 Å². The van der Waals surface area contributed by atoms with Gasteiger partial charge >= 0.3 is 0 Å². The summed E-state index contributed by atoms with van der Waals surface area (Å²) in [6.45, 7) is 11.6. The molecule has 1 heterocycles. The molecule has 1 aliphatic rings. The molecule has 138 valence electrons. The van der Waals surface area contributed by atoms with Crippen LogP contribution in [0.5, 0.6) is 0 Å². The first kappa shape index (κ1) is 18.5. The van der Waals surface area contributed by atoms with Crippen LogP contribution in [0.4, 0.5) is 5.69 Å². The molecular formula is C22H30N4. The van der Waals surface area contributed by atoms with Gasteiger partial charge in [-0.15, -0.1) is 0 Å². The van der Waals surface area contributed by atoms with Gasteiger partial charge in [0.05, 0.1) is 6.21 Å². The summed E-state index contributed by atoms with van der Waals surface area (Å²) >= 11 is 0. The van der Waals surface area contributed by atoms with Crippen LogP contribution < -0.4 is 4.90 Å². The van der Waals surface area contributed by atoms with Crippen molar-refractivity contribution in [1.29, 1.82) is 0 Å². The topological polar surface area (TPSA) is 22.1 Å². The molecule has 0 unspecified atom stereocenters.